The summed E-state index contributed by atoms with van der Waals surface area (Å²) in [4.78, 5) is 0. The van der Waals surface area contributed by atoms with Crippen molar-refractivity contribution >= 4 is 46.1 Å². The Kier molecular flexibility index (Phi) is 291. The summed E-state index contributed by atoms with van der Waals surface area (Å²) in [6, 6.07) is 0. The second kappa shape index (κ2) is 24.1. The zero-order chi connectivity index (χ0) is 0. The van der Waals surface area contributed by atoms with Crippen molar-refractivity contribution < 1.29 is 2.85 Å². The van der Waals surface area contributed by atoms with E-state index in [1.165, 1.54) is 0 Å². The first-order valence-corrected chi connectivity index (χ1v) is 0. The maximum atomic E-state index is 0. The summed E-state index contributed by atoms with van der Waals surface area (Å²) in [5.41, 5.74) is 0. The summed E-state index contributed by atoms with van der Waals surface area (Å²) in [7, 11) is 0. The molecular weight excluding hydrogens is 72.6 g/mol. The van der Waals surface area contributed by atoms with Crippen LogP contribution in [0.15, 0.2) is 0 Å². The molecule has 0 nitrogen and oxygen atoms in total. The molecule has 0 amide bonds. The number of hydrogen-bond acceptors (Lipinski definition) is 0. The van der Waals surface area contributed by atoms with Crippen LogP contribution in [0.1, 0.15) is 2.85 Å². The van der Waals surface area contributed by atoms with Crippen molar-refractivity contribution in [2.45, 2.75) is 0 Å². The van der Waals surface area contributed by atoms with E-state index in [2.05, 4.69) is 0 Å². The average molecular weight is 80.7 g/mol. The Hall–Kier alpha value is 1.53. The van der Waals surface area contributed by atoms with Gasteiger partial charge in [-0.3, -0.25) is 0 Å². The molecule has 0 aromatic heterocycles. The Bertz CT molecular complexity index is 9.51. The maximum Gasteiger partial charge on any atom is 2.00 e. The quantitative estimate of drug-likeness (QED) is 0.291. The fourth-order valence-corrected chi connectivity index (χ4v) is 0. The van der Waals surface area contributed by atoms with Crippen molar-refractivity contribution in [3.63, 3.8) is 0 Å². The first-order chi connectivity index (χ1) is 0. The Labute approximate surface area is 63.6 Å². The summed E-state index contributed by atoms with van der Waals surface area (Å²) in [6.07, 6.45) is 0. The van der Waals surface area contributed by atoms with Gasteiger partial charge >= 0.3 is 46.1 Å². The molecule has 0 saturated heterocycles. The van der Waals surface area contributed by atoms with Crippen molar-refractivity contribution in [2.75, 3.05) is 0 Å². The minimum absolute atomic E-state index is 0. The molecule has 20 valence electrons. The van der Waals surface area contributed by atoms with E-state index in [0.717, 1.165) is 0 Å². The van der Waals surface area contributed by atoms with Crippen LogP contribution in [0.2, 0.25) is 0 Å². The number of rotatable bonds is 0. The van der Waals surface area contributed by atoms with Crippen LogP contribution in [0, 0.1) is 14.9 Å². The van der Waals surface area contributed by atoms with Gasteiger partial charge in [0, 0.05) is 0 Å². The third-order valence-corrected chi connectivity index (χ3v) is 0. The zero-order valence-electron chi connectivity index (χ0n) is 5.41. The van der Waals surface area contributed by atoms with E-state index >= 15 is 0 Å². The first-order valence-electron chi connectivity index (χ1n) is 0. The van der Waals surface area contributed by atoms with E-state index in [0.29, 0.717) is 0 Å². The predicted molar refractivity (Wildman–Crippen MR) is 26.6 cm³/mol. The molecule has 0 unspecified atom stereocenters. The molecule has 0 saturated carbocycles. The van der Waals surface area contributed by atoms with E-state index in [-0.39, 0.29) is 63.8 Å². The molecule has 0 aliphatic carbocycles. The molecule has 0 bridgehead atoms. The zero-order valence-corrected chi connectivity index (χ0v) is 6.24. The van der Waals surface area contributed by atoms with Crippen LogP contribution < -0.4 is 0 Å². The molecular formula is C2H8Mg2. The molecule has 0 radical (unpaired) electrons. The van der Waals surface area contributed by atoms with Crippen LogP contribution in [0.4, 0.5) is 0 Å². The second-order valence-corrected chi connectivity index (χ2v) is 0. The monoisotopic (exact) mass is 80.0 g/mol. The van der Waals surface area contributed by atoms with Crippen molar-refractivity contribution in [1.29, 1.82) is 0 Å². The third-order valence-electron chi connectivity index (χ3n) is 0. The van der Waals surface area contributed by atoms with E-state index in [4.69, 9.17) is 0 Å². The predicted octanol–water partition coefficient (Wildman–Crippen LogP) is 0.364. The minimum Gasteiger partial charge on any atom is -1.00 e. The normalized spacial score (nSPS) is 0. The summed E-state index contributed by atoms with van der Waals surface area (Å²) in [5.74, 6) is 0. The van der Waals surface area contributed by atoms with Gasteiger partial charge in [0.1, 0.15) is 0 Å². The van der Waals surface area contributed by atoms with Gasteiger partial charge in [0.05, 0.1) is 0 Å². The van der Waals surface area contributed by atoms with Gasteiger partial charge in [0.2, 0.25) is 0 Å². The molecule has 0 aliphatic heterocycles. The molecule has 0 N–H and O–H groups in total. The van der Waals surface area contributed by atoms with Crippen LogP contribution in [-0.2, 0) is 0 Å². The minimum atomic E-state index is 0. The van der Waals surface area contributed by atoms with E-state index in [1.54, 1.807) is 0 Å². The first kappa shape index (κ1) is 48.4. The van der Waals surface area contributed by atoms with Crippen LogP contribution in [0.25, 0.3) is 0 Å². The summed E-state index contributed by atoms with van der Waals surface area (Å²) < 4.78 is 0. The van der Waals surface area contributed by atoms with Gasteiger partial charge in [-0.25, -0.2) is 0 Å². The molecule has 2 heteroatoms. The Morgan fingerprint density at radius 3 is 0.750 bits per heavy atom. The van der Waals surface area contributed by atoms with E-state index < -0.39 is 0 Å². The molecule has 0 aliphatic rings. The van der Waals surface area contributed by atoms with E-state index in [9.17, 15) is 0 Å². The molecule has 0 heterocycles. The van der Waals surface area contributed by atoms with Crippen LogP contribution in [-0.4, -0.2) is 46.1 Å². The van der Waals surface area contributed by atoms with Crippen LogP contribution in [0.3, 0.4) is 0 Å². The standard InChI is InChI=1S/2CH3.2Mg.2H/h2*1H3;;;;/q2*-1;2*+2;2*-1. The largest absolute Gasteiger partial charge is 2.00 e. The fraction of sp³-hybridized carbons (Fsp3) is 0. The smallest absolute Gasteiger partial charge is 1.00 e. The fourth-order valence-electron chi connectivity index (χ4n) is 0. The van der Waals surface area contributed by atoms with Gasteiger partial charge in [-0.15, -0.1) is 0 Å². The second-order valence-electron chi connectivity index (χ2n) is 0. The van der Waals surface area contributed by atoms with Gasteiger partial charge in [-0.1, -0.05) is 0 Å². The van der Waals surface area contributed by atoms with Crippen LogP contribution in [0.5, 0.6) is 0 Å². The van der Waals surface area contributed by atoms with Gasteiger partial charge in [-0.05, 0) is 0 Å². The Morgan fingerprint density at radius 2 is 0.750 bits per heavy atom. The SMILES string of the molecule is [CH3-].[CH3-].[H-].[H-].[Mg+2].[Mg+2]. The van der Waals surface area contributed by atoms with Crippen LogP contribution >= 0.6 is 0 Å². The van der Waals surface area contributed by atoms with Gasteiger partial charge in [-0.2, -0.15) is 0 Å². The molecule has 0 spiro atoms. The van der Waals surface area contributed by atoms with Gasteiger partial charge in [0.15, 0.2) is 0 Å². The molecule has 0 rings (SSSR count). The van der Waals surface area contributed by atoms with Crippen molar-refractivity contribution in [3.05, 3.63) is 14.9 Å². The number of hydrogen-bond donors (Lipinski definition) is 0. The third kappa shape index (κ3) is 9.65. The van der Waals surface area contributed by atoms with Gasteiger partial charge < -0.3 is 17.7 Å². The van der Waals surface area contributed by atoms with Crippen molar-refractivity contribution in [2.24, 2.45) is 0 Å². The maximum absolute atomic E-state index is 0. The average Bonchev–Trinajstić information content (AvgIpc) is 0. The summed E-state index contributed by atoms with van der Waals surface area (Å²) in [6.45, 7) is 0. The molecule has 4 heavy (non-hydrogen) atoms. The van der Waals surface area contributed by atoms with Gasteiger partial charge in [0.25, 0.3) is 0 Å². The summed E-state index contributed by atoms with van der Waals surface area (Å²) in [5, 5.41) is 0. The molecule has 0 aromatic carbocycles. The van der Waals surface area contributed by atoms with Crippen molar-refractivity contribution in [3.8, 4) is 0 Å². The summed E-state index contributed by atoms with van der Waals surface area (Å²) >= 11 is 0. The topological polar surface area (TPSA) is 0 Å². The van der Waals surface area contributed by atoms with E-state index in [1.807, 2.05) is 0 Å². The Balaban J connectivity index is 0. The Morgan fingerprint density at radius 1 is 0.750 bits per heavy atom. The molecule has 0 atom stereocenters. The molecule has 0 fully saturated rings. The molecule has 0 aromatic rings. The van der Waals surface area contributed by atoms with Crippen molar-refractivity contribution in [1.82, 2.24) is 0 Å².